The van der Waals surface area contributed by atoms with Gasteiger partial charge in [0.05, 0.1) is 11.9 Å². The van der Waals surface area contributed by atoms with E-state index in [1.807, 2.05) is 6.92 Å². The summed E-state index contributed by atoms with van der Waals surface area (Å²) in [7, 11) is 0. The van der Waals surface area contributed by atoms with Gasteiger partial charge in [0.2, 0.25) is 0 Å². The van der Waals surface area contributed by atoms with Gasteiger partial charge in [-0.2, -0.15) is 0 Å². The Hall–Kier alpha value is -0.830. The average Bonchev–Trinajstić information content (AvgIpc) is 2.77. The zero-order valence-corrected chi connectivity index (χ0v) is 15.3. The summed E-state index contributed by atoms with van der Waals surface area (Å²) in [5.41, 5.74) is 0.304. The zero-order valence-electron chi connectivity index (χ0n) is 15.3. The number of allylic oxidation sites excluding steroid dienone is 1. The molecule has 4 rings (SSSR count). The molecule has 0 aromatic carbocycles. The average molecular weight is 332 g/mol. The maximum atomic E-state index is 12.2. The standard InChI is InChI=1S/C21H32O3/c1-19-11-13(12-22)18(23)10-14(19)4-5-15-16(19)6-8-20(2)17(15)7-9-21(20,3)24/h12,14-17,22,24H,4-11H2,1-3H3/b13-12-/t14?,15-,16+,17+,19+,20+,21+/m1/s1. The van der Waals surface area contributed by atoms with Crippen LogP contribution in [0.5, 0.6) is 0 Å². The van der Waals surface area contributed by atoms with Gasteiger partial charge >= 0.3 is 0 Å². The lowest BCUT2D eigenvalue weighted by Crippen LogP contribution is -2.56. The van der Waals surface area contributed by atoms with Crippen LogP contribution in [-0.2, 0) is 4.79 Å². The predicted molar refractivity (Wildman–Crippen MR) is 93.5 cm³/mol. The number of aliphatic hydroxyl groups is 2. The van der Waals surface area contributed by atoms with Gasteiger partial charge in [-0.25, -0.2) is 0 Å². The molecule has 0 saturated heterocycles. The molecule has 3 heteroatoms. The summed E-state index contributed by atoms with van der Waals surface area (Å²) >= 11 is 0. The first-order chi connectivity index (χ1) is 11.2. The van der Waals surface area contributed by atoms with Gasteiger partial charge in [-0.3, -0.25) is 4.79 Å². The first-order valence-electron chi connectivity index (χ1n) is 9.82. The molecular weight excluding hydrogens is 300 g/mol. The van der Waals surface area contributed by atoms with E-state index >= 15 is 0 Å². The zero-order chi connectivity index (χ0) is 17.3. The third-order valence-corrected chi connectivity index (χ3v) is 9.14. The van der Waals surface area contributed by atoms with Crippen molar-refractivity contribution in [2.75, 3.05) is 0 Å². The third-order valence-electron chi connectivity index (χ3n) is 9.14. The Bertz CT molecular complexity index is 592. The van der Waals surface area contributed by atoms with Crippen molar-refractivity contribution in [1.29, 1.82) is 0 Å². The predicted octanol–water partition coefficient (Wildman–Crippen LogP) is 4.40. The summed E-state index contributed by atoms with van der Waals surface area (Å²) in [4.78, 5) is 12.2. The van der Waals surface area contributed by atoms with Crippen LogP contribution in [0.1, 0.15) is 72.1 Å². The maximum absolute atomic E-state index is 12.2. The summed E-state index contributed by atoms with van der Waals surface area (Å²) < 4.78 is 0. The quantitative estimate of drug-likeness (QED) is 0.510. The SMILES string of the molecule is C[C@]12C/C(=C/O)C(=O)CC1CC[C@@H]1[C@@H]2CC[C@@]2(C)[C@H]1CC[C@]2(C)O. The molecule has 3 nitrogen and oxygen atoms in total. The van der Waals surface area contributed by atoms with Gasteiger partial charge in [0.15, 0.2) is 5.78 Å². The molecule has 7 atom stereocenters. The van der Waals surface area contributed by atoms with Crippen molar-refractivity contribution in [3.05, 3.63) is 11.8 Å². The van der Waals surface area contributed by atoms with Gasteiger partial charge in [-0.15, -0.1) is 0 Å². The Morgan fingerprint density at radius 1 is 1.04 bits per heavy atom. The van der Waals surface area contributed by atoms with Crippen LogP contribution in [0.4, 0.5) is 0 Å². The highest BCUT2D eigenvalue weighted by Gasteiger charge is 2.63. The summed E-state index contributed by atoms with van der Waals surface area (Å²) in [6, 6.07) is 0. The number of carbonyl (C=O) groups is 1. The molecule has 0 heterocycles. The molecule has 0 aromatic rings. The van der Waals surface area contributed by atoms with Crippen molar-refractivity contribution >= 4 is 5.78 Å². The fourth-order valence-corrected chi connectivity index (χ4v) is 7.37. The van der Waals surface area contributed by atoms with E-state index in [4.69, 9.17) is 0 Å². The van der Waals surface area contributed by atoms with Crippen LogP contribution >= 0.6 is 0 Å². The minimum absolute atomic E-state index is 0.0531. The minimum atomic E-state index is -0.529. The number of fused-ring (bicyclic) bond motifs is 5. The number of carbonyl (C=O) groups excluding carboxylic acids is 1. The van der Waals surface area contributed by atoms with Crippen molar-refractivity contribution in [3.63, 3.8) is 0 Å². The van der Waals surface area contributed by atoms with Crippen molar-refractivity contribution in [1.82, 2.24) is 0 Å². The maximum Gasteiger partial charge on any atom is 0.162 e. The van der Waals surface area contributed by atoms with Crippen molar-refractivity contribution < 1.29 is 15.0 Å². The van der Waals surface area contributed by atoms with E-state index in [1.165, 1.54) is 6.42 Å². The molecule has 1 unspecified atom stereocenters. The molecule has 0 amide bonds. The molecule has 4 saturated carbocycles. The van der Waals surface area contributed by atoms with Gasteiger partial charge in [0.25, 0.3) is 0 Å². The molecular formula is C21H32O3. The highest BCUT2D eigenvalue weighted by atomic mass is 16.3. The first-order valence-corrected chi connectivity index (χ1v) is 9.82. The van der Waals surface area contributed by atoms with Gasteiger partial charge in [0, 0.05) is 12.0 Å². The Morgan fingerprint density at radius 2 is 1.75 bits per heavy atom. The van der Waals surface area contributed by atoms with Crippen LogP contribution in [0.3, 0.4) is 0 Å². The summed E-state index contributed by atoms with van der Waals surface area (Å²) in [6.07, 6.45) is 9.11. The van der Waals surface area contributed by atoms with Gasteiger partial charge in [-0.1, -0.05) is 13.8 Å². The molecule has 0 aromatic heterocycles. The summed E-state index contributed by atoms with van der Waals surface area (Å²) in [6.45, 7) is 6.74. The monoisotopic (exact) mass is 332 g/mol. The molecule has 4 aliphatic carbocycles. The Balaban J connectivity index is 1.67. The van der Waals surface area contributed by atoms with E-state index < -0.39 is 5.60 Å². The molecule has 0 radical (unpaired) electrons. The normalized spacial score (nSPS) is 55.8. The largest absolute Gasteiger partial charge is 0.515 e. The van der Waals surface area contributed by atoms with Crippen LogP contribution in [-0.4, -0.2) is 21.6 Å². The lowest BCUT2D eigenvalue weighted by atomic mass is 9.44. The summed E-state index contributed by atoms with van der Waals surface area (Å²) in [5.74, 6) is 2.55. The highest BCUT2D eigenvalue weighted by molar-refractivity contribution is 5.96. The third kappa shape index (κ3) is 1.97. The number of ketones is 1. The number of hydrogen-bond donors (Lipinski definition) is 2. The van der Waals surface area contributed by atoms with Crippen molar-refractivity contribution in [2.45, 2.75) is 77.7 Å². The van der Waals surface area contributed by atoms with Gasteiger partial charge < -0.3 is 10.2 Å². The Kier molecular flexibility index (Phi) is 3.53. The van der Waals surface area contributed by atoms with E-state index in [9.17, 15) is 15.0 Å². The second-order valence-electron chi connectivity index (χ2n) is 9.88. The lowest BCUT2D eigenvalue weighted by molar-refractivity contribution is -0.147. The van der Waals surface area contributed by atoms with Crippen molar-refractivity contribution in [3.8, 4) is 0 Å². The molecule has 0 aliphatic heterocycles. The summed E-state index contributed by atoms with van der Waals surface area (Å²) in [5, 5.41) is 20.5. The smallest absolute Gasteiger partial charge is 0.162 e. The van der Waals surface area contributed by atoms with Gasteiger partial charge in [-0.05, 0) is 86.4 Å². The number of aliphatic hydroxyl groups excluding tert-OH is 1. The van der Waals surface area contributed by atoms with Crippen LogP contribution < -0.4 is 0 Å². The number of Topliss-reactive ketones (excluding diaryl/α,β-unsaturated/α-hetero) is 1. The Morgan fingerprint density at radius 3 is 2.46 bits per heavy atom. The molecule has 134 valence electrons. The fraction of sp³-hybridized carbons (Fsp3) is 0.857. The fourth-order valence-electron chi connectivity index (χ4n) is 7.37. The molecule has 0 spiro atoms. The van der Waals surface area contributed by atoms with Crippen LogP contribution in [0.25, 0.3) is 0 Å². The van der Waals surface area contributed by atoms with E-state index in [2.05, 4.69) is 13.8 Å². The molecule has 24 heavy (non-hydrogen) atoms. The second kappa shape index (κ2) is 5.09. The van der Waals surface area contributed by atoms with Crippen LogP contribution in [0.2, 0.25) is 0 Å². The minimum Gasteiger partial charge on any atom is -0.515 e. The number of hydrogen-bond acceptors (Lipinski definition) is 3. The Labute approximate surface area is 145 Å². The van der Waals surface area contributed by atoms with Gasteiger partial charge in [0.1, 0.15) is 0 Å². The molecule has 4 aliphatic rings. The van der Waals surface area contributed by atoms with E-state index in [-0.39, 0.29) is 16.6 Å². The lowest BCUT2D eigenvalue weighted by Gasteiger charge is -2.61. The molecule has 4 fully saturated rings. The van der Waals surface area contributed by atoms with E-state index in [1.54, 1.807) is 0 Å². The van der Waals surface area contributed by atoms with E-state index in [0.717, 1.165) is 44.8 Å². The van der Waals surface area contributed by atoms with Crippen molar-refractivity contribution in [2.24, 2.45) is 34.5 Å². The molecule has 0 bridgehead atoms. The molecule has 2 N–H and O–H groups in total. The number of rotatable bonds is 0. The van der Waals surface area contributed by atoms with Crippen LogP contribution in [0.15, 0.2) is 11.8 Å². The second-order valence-corrected chi connectivity index (χ2v) is 9.88. The van der Waals surface area contributed by atoms with Crippen LogP contribution in [0, 0.1) is 34.5 Å². The highest BCUT2D eigenvalue weighted by Crippen LogP contribution is 2.68. The first kappa shape index (κ1) is 16.6. The topological polar surface area (TPSA) is 57.5 Å². The van der Waals surface area contributed by atoms with E-state index in [0.29, 0.717) is 35.7 Å².